The van der Waals surface area contributed by atoms with E-state index in [1.807, 2.05) is 6.92 Å². The van der Waals surface area contributed by atoms with Crippen LogP contribution in [0.4, 0.5) is 0 Å². The van der Waals surface area contributed by atoms with Crippen molar-refractivity contribution in [1.29, 1.82) is 0 Å². The predicted molar refractivity (Wildman–Crippen MR) is 96.9 cm³/mol. The lowest BCUT2D eigenvalue weighted by molar-refractivity contribution is -0.124. The molecule has 0 saturated carbocycles. The SMILES string of the molecule is CC(C)C(CNC(=O)C(C)n1cncn1)N1CCc2ccccc2C1. The molecule has 0 bridgehead atoms. The standard InChI is InChI=1S/C19H27N5O/c1-14(2)18(10-21-19(25)15(3)24-13-20-12-22-24)23-9-8-16-6-4-5-7-17(16)11-23/h4-7,12-15,18H,8-11H2,1-3H3,(H,21,25). The van der Waals surface area contributed by atoms with E-state index in [-0.39, 0.29) is 11.9 Å². The molecule has 1 aliphatic rings. The summed E-state index contributed by atoms with van der Waals surface area (Å²) in [6.07, 6.45) is 4.10. The Morgan fingerprint density at radius 1 is 1.24 bits per heavy atom. The fourth-order valence-electron chi connectivity index (χ4n) is 3.48. The number of hydrogen-bond donors (Lipinski definition) is 1. The fraction of sp³-hybridized carbons (Fsp3) is 0.526. The highest BCUT2D eigenvalue weighted by atomic mass is 16.2. The first-order valence-electron chi connectivity index (χ1n) is 8.99. The number of nitrogens with one attached hydrogen (secondary N) is 1. The topological polar surface area (TPSA) is 63.1 Å². The molecule has 1 aliphatic heterocycles. The zero-order chi connectivity index (χ0) is 17.8. The summed E-state index contributed by atoms with van der Waals surface area (Å²) in [7, 11) is 0. The van der Waals surface area contributed by atoms with Gasteiger partial charge in [0.1, 0.15) is 18.7 Å². The summed E-state index contributed by atoms with van der Waals surface area (Å²) in [5, 5.41) is 7.15. The van der Waals surface area contributed by atoms with Crippen molar-refractivity contribution in [2.75, 3.05) is 13.1 Å². The van der Waals surface area contributed by atoms with Gasteiger partial charge in [-0.1, -0.05) is 38.1 Å². The molecule has 3 rings (SSSR count). The number of nitrogens with zero attached hydrogens (tertiary/aromatic N) is 4. The Bertz CT molecular complexity index is 698. The number of fused-ring (bicyclic) bond motifs is 1. The predicted octanol–water partition coefficient (Wildman–Crippen LogP) is 2.04. The van der Waals surface area contributed by atoms with Crippen LogP contribution in [0.3, 0.4) is 0 Å². The molecule has 0 aliphatic carbocycles. The number of rotatable bonds is 6. The van der Waals surface area contributed by atoms with Crippen molar-refractivity contribution < 1.29 is 4.79 Å². The highest BCUT2D eigenvalue weighted by molar-refractivity contribution is 5.79. The largest absolute Gasteiger partial charge is 0.353 e. The van der Waals surface area contributed by atoms with Crippen LogP contribution in [0.25, 0.3) is 0 Å². The van der Waals surface area contributed by atoms with Gasteiger partial charge in [0.25, 0.3) is 0 Å². The lowest BCUT2D eigenvalue weighted by atomic mass is 9.95. The molecule has 2 heterocycles. The first kappa shape index (κ1) is 17.6. The molecule has 1 aromatic heterocycles. The second-order valence-electron chi connectivity index (χ2n) is 7.10. The Morgan fingerprint density at radius 2 is 2.00 bits per heavy atom. The number of aromatic nitrogens is 3. The van der Waals surface area contributed by atoms with Gasteiger partial charge in [0.2, 0.25) is 5.91 Å². The van der Waals surface area contributed by atoms with E-state index < -0.39 is 0 Å². The Hall–Kier alpha value is -2.21. The van der Waals surface area contributed by atoms with Crippen molar-refractivity contribution in [3.63, 3.8) is 0 Å². The second-order valence-corrected chi connectivity index (χ2v) is 7.10. The Morgan fingerprint density at radius 3 is 2.68 bits per heavy atom. The van der Waals surface area contributed by atoms with Crippen LogP contribution >= 0.6 is 0 Å². The van der Waals surface area contributed by atoms with Crippen LogP contribution < -0.4 is 5.32 Å². The summed E-state index contributed by atoms with van der Waals surface area (Å²) >= 11 is 0. The van der Waals surface area contributed by atoms with E-state index in [1.165, 1.54) is 17.5 Å². The monoisotopic (exact) mass is 341 g/mol. The van der Waals surface area contributed by atoms with Crippen LogP contribution in [0, 0.1) is 5.92 Å². The van der Waals surface area contributed by atoms with E-state index in [0.717, 1.165) is 19.5 Å². The van der Waals surface area contributed by atoms with Crippen LogP contribution in [0.2, 0.25) is 0 Å². The molecule has 0 fully saturated rings. The molecule has 2 aromatic rings. The fourth-order valence-corrected chi connectivity index (χ4v) is 3.48. The van der Waals surface area contributed by atoms with Crippen molar-refractivity contribution in [3.05, 3.63) is 48.0 Å². The average Bonchev–Trinajstić information content (AvgIpc) is 3.15. The third-order valence-corrected chi connectivity index (χ3v) is 5.10. The van der Waals surface area contributed by atoms with E-state index >= 15 is 0 Å². The Labute approximate surface area is 149 Å². The van der Waals surface area contributed by atoms with Crippen LogP contribution in [0.15, 0.2) is 36.9 Å². The molecule has 6 heteroatoms. The maximum Gasteiger partial charge on any atom is 0.244 e. The lowest BCUT2D eigenvalue weighted by Gasteiger charge is -2.38. The third-order valence-electron chi connectivity index (χ3n) is 5.10. The minimum Gasteiger partial charge on any atom is -0.353 e. The van der Waals surface area contributed by atoms with Crippen molar-refractivity contribution >= 4 is 5.91 Å². The van der Waals surface area contributed by atoms with Crippen LogP contribution in [0.5, 0.6) is 0 Å². The number of amides is 1. The molecule has 1 N–H and O–H groups in total. The average molecular weight is 341 g/mol. The molecule has 6 nitrogen and oxygen atoms in total. The van der Waals surface area contributed by atoms with Gasteiger partial charge < -0.3 is 5.32 Å². The summed E-state index contributed by atoms with van der Waals surface area (Å²) in [4.78, 5) is 18.8. The van der Waals surface area contributed by atoms with Gasteiger partial charge >= 0.3 is 0 Å². The molecule has 1 amide bonds. The molecule has 2 atom stereocenters. The smallest absolute Gasteiger partial charge is 0.244 e. The maximum absolute atomic E-state index is 12.4. The maximum atomic E-state index is 12.4. The highest BCUT2D eigenvalue weighted by Crippen LogP contribution is 2.22. The number of carbonyl (C=O) groups is 1. The molecule has 0 spiro atoms. The van der Waals surface area contributed by atoms with Gasteiger partial charge in [0.15, 0.2) is 0 Å². The van der Waals surface area contributed by atoms with Gasteiger partial charge in [0.05, 0.1) is 0 Å². The van der Waals surface area contributed by atoms with Crippen LogP contribution in [-0.2, 0) is 17.8 Å². The Kier molecular flexibility index (Phi) is 5.48. The highest BCUT2D eigenvalue weighted by Gasteiger charge is 2.27. The van der Waals surface area contributed by atoms with Gasteiger partial charge in [-0.05, 0) is 30.4 Å². The summed E-state index contributed by atoms with van der Waals surface area (Å²) < 4.78 is 1.58. The van der Waals surface area contributed by atoms with Crippen molar-refractivity contribution in [2.45, 2.75) is 45.8 Å². The van der Waals surface area contributed by atoms with Gasteiger partial charge in [-0.2, -0.15) is 5.10 Å². The molecule has 134 valence electrons. The van der Waals surface area contributed by atoms with E-state index in [9.17, 15) is 4.79 Å². The van der Waals surface area contributed by atoms with E-state index in [4.69, 9.17) is 0 Å². The van der Waals surface area contributed by atoms with Crippen molar-refractivity contribution in [1.82, 2.24) is 25.0 Å². The van der Waals surface area contributed by atoms with Crippen LogP contribution in [-0.4, -0.2) is 44.7 Å². The minimum atomic E-state index is -0.350. The van der Waals surface area contributed by atoms with E-state index in [1.54, 1.807) is 11.0 Å². The van der Waals surface area contributed by atoms with Crippen molar-refractivity contribution in [3.8, 4) is 0 Å². The first-order chi connectivity index (χ1) is 12.1. The minimum absolute atomic E-state index is 0.0199. The molecule has 2 unspecified atom stereocenters. The van der Waals surface area contributed by atoms with E-state index in [0.29, 0.717) is 18.5 Å². The number of carbonyl (C=O) groups excluding carboxylic acids is 1. The summed E-state index contributed by atoms with van der Waals surface area (Å²) in [5.41, 5.74) is 2.85. The summed E-state index contributed by atoms with van der Waals surface area (Å²) in [5.74, 6) is 0.445. The Balaban J connectivity index is 1.61. The lowest BCUT2D eigenvalue weighted by Crippen LogP contribution is -2.49. The zero-order valence-electron chi connectivity index (χ0n) is 15.2. The van der Waals surface area contributed by atoms with Gasteiger partial charge in [-0.3, -0.25) is 9.69 Å². The normalized spacial score (nSPS) is 17.1. The third kappa shape index (κ3) is 4.07. The van der Waals surface area contributed by atoms with Gasteiger partial charge in [-0.25, -0.2) is 9.67 Å². The zero-order valence-corrected chi connectivity index (χ0v) is 15.2. The molecule has 0 radical (unpaired) electrons. The molecular formula is C19H27N5O. The molecular weight excluding hydrogens is 314 g/mol. The molecule has 25 heavy (non-hydrogen) atoms. The van der Waals surface area contributed by atoms with Crippen molar-refractivity contribution in [2.24, 2.45) is 5.92 Å². The molecule has 0 saturated heterocycles. The summed E-state index contributed by atoms with van der Waals surface area (Å²) in [6, 6.07) is 8.62. The molecule has 1 aromatic carbocycles. The van der Waals surface area contributed by atoms with Crippen LogP contribution in [0.1, 0.15) is 37.9 Å². The second kappa shape index (κ2) is 7.78. The van der Waals surface area contributed by atoms with Gasteiger partial charge in [0, 0.05) is 25.7 Å². The van der Waals surface area contributed by atoms with Gasteiger partial charge in [-0.15, -0.1) is 0 Å². The van der Waals surface area contributed by atoms with E-state index in [2.05, 4.69) is 58.4 Å². The quantitative estimate of drug-likeness (QED) is 0.873. The number of hydrogen-bond acceptors (Lipinski definition) is 4. The first-order valence-corrected chi connectivity index (χ1v) is 8.99. The number of benzene rings is 1. The summed E-state index contributed by atoms with van der Waals surface area (Å²) in [6.45, 7) is 8.92.